The van der Waals surface area contributed by atoms with Gasteiger partial charge in [0.25, 0.3) is 5.91 Å². The number of carboxylic acid groups (broad SMARTS) is 1. The minimum Gasteiger partial charge on any atom is -0.476 e. The first-order chi connectivity index (χ1) is 12.1. The zero-order valence-corrected chi connectivity index (χ0v) is 14.1. The number of piperidine rings is 1. The van der Waals surface area contributed by atoms with Gasteiger partial charge in [-0.3, -0.25) is 4.79 Å². The van der Waals surface area contributed by atoms with Crippen molar-refractivity contribution in [1.82, 2.24) is 19.3 Å². The number of rotatable bonds is 3. The summed E-state index contributed by atoms with van der Waals surface area (Å²) in [5.41, 5.74) is 1.49. The standard InChI is InChI=1S/C17H16N4O3S/c22-16(13-8-12-2-1-5-21(12)10-18-13)20-6-3-11(4-7-20)15-19-14(9-25-15)17(23)24/h1-2,5,8-11H,3-4,6-7H2,(H,23,24). The van der Waals surface area contributed by atoms with Crippen LogP contribution in [0.1, 0.15) is 44.7 Å². The number of amides is 1. The summed E-state index contributed by atoms with van der Waals surface area (Å²) in [4.78, 5) is 33.9. The number of carbonyl (C=O) groups excluding carboxylic acids is 1. The Hall–Kier alpha value is -2.74. The number of thiazole rings is 1. The number of likely N-dealkylation sites (tertiary alicyclic amines) is 1. The molecule has 1 aliphatic heterocycles. The minimum absolute atomic E-state index is 0.0625. The molecule has 0 aromatic carbocycles. The Kier molecular flexibility index (Phi) is 3.96. The Labute approximate surface area is 147 Å². The van der Waals surface area contributed by atoms with E-state index in [1.807, 2.05) is 27.6 Å². The van der Waals surface area contributed by atoms with Crippen molar-refractivity contribution in [3.8, 4) is 0 Å². The molecule has 7 nitrogen and oxygen atoms in total. The van der Waals surface area contributed by atoms with Crippen molar-refractivity contribution >= 4 is 28.7 Å². The van der Waals surface area contributed by atoms with Crippen molar-refractivity contribution in [1.29, 1.82) is 0 Å². The van der Waals surface area contributed by atoms with E-state index in [0.717, 1.165) is 23.4 Å². The maximum atomic E-state index is 12.7. The number of nitrogens with zero attached hydrogens (tertiary/aromatic N) is 4. The number of fused-ring (bicyclic) bond motifs is 1. The van der Waals surface area contributed by atoms with Gasteiger partial charge in [0.05, 0.1) is 11.3 Å². The van der Waals surface area contributed by atoms with E-state index in [1.54, 1.807) is 17.8 Å². The normalized spacial score (nSPS) is 15.6. The van der Waals surface area contributed by atoms with Crippen molar-refractivity contribution in [3.63, 3.8) is 0 Å². The van der Waals surface area contributed by atoms with Crippen molar-refractivity contribution in [2.24, 2.45) is 0 Å². The first kappa shape index (κ1) is 15.8. The van der Waals surface area contributed by atoms with E-state index in [0.29, 0.717) is 18.8 Å². The van der Waals surface area contributed by atoms with Gasteiger partial charge in [-0.2, -0.15) is 0 Å². The number of aromatic nitrogens is 3. The van der Waals surface area contributed by atoms with Crippen LogP contribution in [0.15, 0.2) is 36.1 Å². The lowest BCUT2D eigenvalue weighted by Gasteiger charge is -2.30. The highest BCUT2D eigenvalue weighted by Crippen LogP contribution is 2.30. The van der Waals surface area contributed by atoms with Gasteiger partial charge in [0.1, 0.15) is 5.69 Å². The number of carbonyl (C=O) groups is 2. The number of carboxylic acids is 1. The average molecular weight is 356 g/mol. The number of hydrogen-bond acceptors (Lipinski definition) is 5. The van der Waals surface area contributed by atoms with Gasteiger partial charge in [-0.1, -0.05) is 0 Å². The summed E-state index contributed by atoms with van der Waals surface area (Å²) >= 11 is 1.38. The topological polar surface area (TPSA) is 87.8 Å². The Morgan fingerprint density at radius 2 is 2.04 bits per heavy atom. The summed E-state index contributed by atoms with van der Waals surface area (Å²) in [6.07, 6.45) is 5.11. The van der Waals surface area contributed by atoms with Gasteiger partial charge in [0, 0.05) is 36.1 Å². The average Bonchev–Trinajstić information content (AvgIpc) is 3.30. The fraction of sp³-hybridized carbons (Fsp3) is 0.294. The highest BCUT2D eigenvalue weighted by atomic mass is 32.1. The molecule has 0 aliphatic carbocycles. The highest BCUT2D eigenvalue weighted by Gasteiger charge is 2.27. The van der Waals surface area contributed by atoms with E-state index in [1.165, 1.54) is 11.3 Å². The summed E-state index contributed by atoms with van der Waals surface area (Å²) in [6, 6.07) is 5.65. The third-order valence-corrected chi connectivity index (χ3v) is 5.52. The van der Waals surface area contributed by atoms with E-state index in [-0.39, 0.29) is 17.5 Å². The van der Waals surface area contributed by atoms with Crippen LogP contribution >= 0.6 is 11.3 Å². The lowest BCUT2D eigenvalue weighted by atomic mass is 9.97. The zero-order chi connectivity index (χ0) is 17.4. The van der Waals surface area contributed by atoms with Gasteiger partial charge in [-0.05, 0) is 31.0 Å². The van der Waals surface area contributed by atoms with Gasteiger partial charge in [0.15, 0.2) is 5.69 Å². The van der Waals surface area contributed by atoms with E-state index in [4.69, 9.17) is 5.11 Å². The zero-order valence-electron chi connectivity index (χ0n) is 13.3. The van der Waals surface area contributed by atoms with Crippen LogP contribution in [-0.2, 0) is 0 Å². The second kappa shape index (κ2) is 6.29. The summed E-state index contributed by atoms with van der Waals surface area (Å²) in [5.74, 6) is -0.849. The Morgan fingerprint density at radius 3 is 2.76 bits per heavy atom. The lowest BCUT2D eigenvalue weighted by Crippen LogP contribution is -2.38. The Bertz CT molecular complexity index is 940. The SMILES string of the molecule is O=C(O)c1csc(C2CCN(C(=O)c3cc4cccn4cn3)CC2)n1. The molecular formula is C17H16N4O3S. The molecule has 128 valence electrons. The van der Waals surface area contributed by atoms with Gasteiger partial charge in [0.2, 0.25) is 0 Å². The predicted octanol–water partition coefficient (Wildman–Crippen LogP) is 2.51. The molecule has 0 bridgehead atoms. The van der Waals surface area contributed by atoms with Crippen molar-refractivity contribution in [2.45, 2.75) is 18.8 Å². The molecule has 4 heterocycles. The maximum absolute atomic E-state index is 12.7. The molecule has 1 amide bonds. The van der Waals surface area contributed by atoms with Gasteiger partial charge >= 0.3 is 5.97 Å². The van der Waals surface area contributed by atoms with Crippen molar-refractivity contribution in [2.75, 3.05) is 13.1 Å². The molecule has 0 radical (unpaired) electrons. The lowest BCUT2D eigenvalue weighted by molar-refractivity contribution is 0.0690. The quantitative estimate of drug-likeness (QED) is 0.779. The smallest absolute Gasteiger partial charge is 0.355 e. The monoisotopic (exact) mass is 356 g/mol. The van der Waals surface area contributed by atoms with Crippen molar-refractivity contribution < 1.29 is 14.7 Å². The van der Waals surface area contributed by atoms with Crippen LogP contribution in [0.4, 0.5) is 0 Å². The van der Waals surface area contributed by atoms with Gasteiger partial charge in [-0.25, -0.2) is 14.8 Å². The molecule has 3 aromatic rings. The highest BCUT2D eigenvalue weighted by molar-refractivity contribution is 7.09. The molecule has 4 rings (SSSR count). The molecule has 1 saturated heterocycles. The van der Waals surface area contributed by atoms with Crippen LogP contribution in [-0.4, -0.2) is 49.3 Å². The molecule has 1 aliphatic rings. The summed E-state index contributed by atoms with van der Waals surface area (Å²) < 4.78 is 1.87. The molecule has 8 heteroatoms. The summed E-state index contributed by atoms with van der Waals surface area (Å²) in [7, 11) is 0. The van der Waals surface area contributed by atoms with Crippen LogP contribution in [0.5, 0.6) is 0 Å². The van der Waals surface area contributed by atoms with Gasteiger partial charge in [-0.15, -0.1) is 11.3 Å². The molecule has 0 atom stereocenters. The van der Waals surface area contributed by atoms with Crippen molar-refractivity contribution in [3.05, 3.63) is 52.5 Å². The molecule has 3 aromatic heterocycles. The van der Waals surface area contributed by atoms with Crippen LogP contribution in [0.3, 0.4) is 0 Å². The molecule has 0 spiro atoms. The van der Waals surface area contributed by atoms with E-state index in [9.17, 15) is 9.59 Å². The molecule has 0 unspecified atom stereocenters. The molecule has 1 fully saturated rings. The van der Waals surface area contributed by atoms with Crippen LogP contribution in [0.2, 0.25) is 0 Å². The summed E-state index contributed by atoms with van der Waals surface area (Å²) in [6.45, 7) is 1.25. The van der Waals surface area contributed by atoms with Crippen LogP contribution in [0.25, 0.3) is 5.52 Å². The summed E-state index contributed by atoms with van der Waals surface area (Å²) in [5, 5.41) is 11.4. The Morgan fingerprint density at radius 1 is 1.24 bits per heavy atom. The number of hydrogen-bond donors (Lipinski definition) is 1. The van der Waals surface area contributed by atoms with Crippen LogP contribution < -0.4 is 0 Å². The Balaban J connectivity index is 1.43. The van der Waals surface area contributed by atoms with Gasteiger partial charge < -0.3 is 14.4 Å². The first-order valence-electron chi connectivity index (χ1n) is 8.02. The fourth-order valence-electron chi connectivity index (χ4n) is 3.12. The largest absolute Gasteiger partial charge is 0.476 e. The van der Waals surface area contributed by atoms with Crippen LogP contribution in [0, 0.1) is 0 Å². The molecule has 25 heavy (non-hydrogen) atoms. The second-order valence-electron chi connectivity index (χ2n) is 6.06. The first-order valence-corrected chi connectivity index (χ1v) is 8.90. The van der Waals surface area contributed by atoms with E-state index >= 15 is 0 Å². The fourth-order valence-corrected chi connectivity index (χ4v) is 4.08. The molecule has 1 N–H and O–H groups in total. The third kappa shape index (κ3) is 3.00. The maximum Gasteiger partial charge on any atom is 0.355 e. The second-order valence-corrected chi connectivity index (χ2v) is 6.95. The number of aromatic carboxylic acids is 1. The van der Waals surface area contributed by atoms with E-state index < -0.39 is 5.97 Å². The predicted molar refractivity (Wildman–Crippen MR) is 92.1 cm³/mol. The molecule has 0 saturated carbocycles. The third-order valence-electron chi connectivity index (χ3n) is 4.51. The van der Waals surface area contributed by atoms with E-state index in [2.05, 4.69) is 9.97 Å². The molecular weight excluding hydrogens is 340 g/mol. The minimum atomic E-state index is -0.998.